The highest BCUT2D eigenvalue weighted by molar-refractivity contribution is 5.86. The van der Waals surface area contributed by atoms with Crippen LogP contribution in [0.25, 0.3) is 0 Å². The number of carbonyl (C=O) groups is 3. The van der Waals surface area contributed by atoms with E-state index in [0.717, 1.165) is 35.3 Å². The lowest BCUT2D eigenvalue weighted by Gasteiger charge is -2.20. The summed E-state index contributed by atoms with van der Waals surface area (Å²) in [6, 6.07) is 26.7. The number of esters is 1. The van der Waals surface area contributed by atoms with Gasteiger partial charge in [0.25, 0.3) is 0 Å². The van der Waals surface area contributed by atoms with Gasteiger partial charge in [0.1, 0.15) is 19.0 Å². The fourth-order valence-corrected chi connectivity index (χ4v) is 5.20. The van der Waals surface area contributed by atoms with Crippen molar-refractivity contribution in [2.24, 2.45) is 11.8 Å². The first-order valence-corrected chi connectivity index (χ1v) is 16.3. The van der Waals surface area contributed by atoms with Gasteiger partial charge in [-0.3, -0.25) is 14.4 Å². The van der Waals surface area contributed by atoms with Crippen LogP contribution in [0.1, 0.15) is 48.8 Å². The summed E-state index contributed by atoms with van der Waals surface area (Å²) in [5.41, 5.74) is 3.07. The number of nitrogens with one attached hydrogen (secondary N) is 2. The van der Waals surface area contributed by atoms with Crippen molar-refractivity contribution in [1.82, 2.24) is 10.6 Å². The molecule has 0 spiro atoms. The van der Waals surface area contributed by atoms with Gasteiger partial charge in [0.05, 0.1) is 31.0 Å². The van der Waals surface area contributed by atoms with Gasteiger partial charge in [0, 0.05) is 6.42 Å². The Kier molecular flexibility index (Phi) is 16.6. The van der Waals surface area contributed by atoms with E-state index < -0.39 is 12.0 Å². The van der Waals surface area contributed by atoms with Crippen LogP contribution in [0.3, 0.4) is 0 Å². The first-order valence-electron chi connectivity index (χ1n) is 16.3. The van der Waals surface area contributed by atoms with Crippen LogP contribution >= 0.6 is 0 Å². The smallest absolute Gasteiger partial charge is 0.309 e. The number of hydrogen-bond acceptors (Lipinski definition) is 6. The second-order valence-corrected chi connectivity index (χ2v) is 11.6. The van der Waals surface area contributed by atoms with Gasteiger partial charge in [-0.25, -0.2) is 0 Å². The van der Waals surface area contributed by atoms with Gasteiger partial charge in [-0.05, 0) is 67.3 Å². The van der Waals surface area contributed by atoms with E-state index in [-0.39, 0.29) is 49.9 Å². The standard InChI is InChI=1S/C39H48N2O6/c1-3-5-8-18-34(25-30-14-9-6-10-15-30)39(45)46-24-23-40-38(44)33(13-4-2)27-37(43)41-35(28-42)26-31-19-21-36(22-20-31)47-29-32-16-11-7-12-17-32/h3-4,6-7,9-12,14-17,19-22,33-35,42H,1-2,5,8,13,18,23-29H2,(H,40,44)(H,41,43)/t33-,34+,35-/m0/s1. The highest BCUT2D eigenvalue weighted by Crippen LogP contribution is 2.18. The molecule has 0 bridgehead atoms. The van der Waals surface area contributed by atoms with E-state index in [2.05, 4.69) is 23.8 Å². The maximum absolute atomic E-state index is 12.9. The zero-order valence-electron chi connectivity index (χ0n) is 27.2. The normalized spacial score (nSPS) is 12.6. The molecule has 3 N–H and O–H groups in total. The van der Waals surface area contributed by atoms with Crippen LogP contribution in [-0.4, -0.2) is 48.7 Å². The monoisotopic (exact) mass is 640 g/mol. The maximum atomic E-state index is 12.9. The van der Waals surface area contributed by atoms with Crippen LogP contribution in [0.15, 0.2) is 110 Å². The van der Waals surface area contributed by atoms with Crippen LogP contribution in [0.2, 0.25) is 0 Å². The average molecular weight is 641 g/mol. The second-order valence-electron chi connectivity index (χ2n) is 11.6. The molecule has 3 rings (SSSR count). The number of amides is 2. The van der Waals surface area contributed by atoms with Gasteiger partial charge in [-0.1, -0.05) is 84.9 Å². The first kappa shape index (κ1) is 36.8. The van der Waals surface area contributed by atoms with E-state index in [9.17, 15) is 19.5 Å². The fourth-order valence-electron chi connectivity index (χ4n) is 5.20. The Labute approximate surface area is 278 Å². The predicted octanol–water partition coefficient (Wildman–Crippen LogP) is 5.74. The highest BCUT2D eigenvalue weighted by atomic mass is 16.5. The minimum absolute atomic E-state index is 0.0347. The van der Waals surface area contributed by atoms with Crippen molar-refractivity contribution in [2.75, 3.05) is 19.8 Å². The number of hydrogen-bond donors (Lipinski definition) is 3. The highest BCUT2D eigenvalue weighted by Gasteiger charge is 2.23. The van der Waals surface area contributed by atoms with Crippen molar-refractivity contribution in [1.29, 1.82) is 0 Å². The molecule has 2 amide bonds. The van der Waals surface area contributed by atoms with Crippen LogP contribution in [0.4, 0.5) is 0 Å². The second kappa shape index (κ2) is 21.2. The van der Waals surface area contributed by atoms with Crippen molar-refractivity contribution < 1.29 is 29.0 Å². The number of allylic oxidation sites excluding steroid dienone is 2. The predicted molar refractivity (Wildman–Crippen MR) is 185 cm³/mol. The summed E-state index contributed by atoms with van der Waals surface area (Å²) in [4.78, 5) is 38.7. The Morgan fingerprint density at radius 1 is 0.809 bits per heavy atom. The zero-order valence-corrected chi connectivity index (χ0v) is 27.2. The Hall–Kier alpha value is -4.69. The fraction of sp³-hybridized carbons (Fsp3) is 0.359. The third-order valence-electron chi connectivity index (χ3n) is 7.76. The molecule has 3 aromatic carbocycles. The molecule has 3 aromatic rings. The quantitative estimate of drug-likeness (QED) is 0.0733. The third-order valence-corrected chi connectivity index (χ3v) is 7.76. The lowest BCUT2D eigenvalue weighted by Crippen LogP contribution is -2.42. The minimum Gasteiger partial charge on any atom is -0.489 e. The van der Waals surface area contributed by atoms with Gasteiger partial charge in [0.15, 0.2) is 0 Å². The third kappa shape index (κ3) is 14.1. The van der Waals surface area contributed by atoms with E-state index in [1.54, 1.807) is 6.08 Å². The Morgan fingerprint density at radius 2 is 1.47 bits per heavy atom. The van der Waals surface area contributed by atoms with Crippen LogP contribution < -0.4 is 15.4 Å². The summed E-state index contributed by atoms with van der Waals surface area (Å²) < 4.78 is 11.4. The van der Waals surface area contributed by atoms with Crippen LogP contribution in [0, 0.1) is 11.8 Å². The Balaban J connectivity index is 1.42. The lowest BCUT2D eigenvalue weighted by atomic mass is 9.94. The van der Waals surface area contributed by atoms with Gasteiger partial charge in [-0.2, -0.15) is 0 Å². The topological polar surface area (TPSA) is 114 Å². The van der Waals surface area contributed by atoms with Crippen molar-refractivity contribution >= 4 is 17.8 Å². The lowest BCUT2D eigenvalue weighted by molar-refractivity contribution is -0.149. The molecule has 0 aliphatic carbocycles. The number of rotatable bonds is 22. The summed E-state index contributed by atoms with van der Waals surface area (Å²) in [6.07, 6.45) is 7.03. The molecule has 0 unspecified atom stereocenters. The molecule has 3 atom stereocenters. The van der Waals surface area contributed by atoms with Crippen molar-refractivity contribution in [3.05, 3.63) is 127 Å². The number of ether oxygens (including phenoxy) is 2. The van der Waals surface area contributed by atoms with E-state index in [4.69, 9.17) is 9.47 Å². The molecular formula is C39H48N2O6. The summed E-state index contributed by atoms with van der Waals surface area (Å²) >= 11 is 0. The molecule has 0 fully saturated rings. The Bertz CT molecular complexity index is 1380. The zero-order chi connectivity index (χ0) is 33.7. The van der Waals surface area contributed by atoms with Crippen LogP contribution in [0.5, 0.6) is 5.75 Å². The van der Waals surface area contributed by atoms with E-state index >= 15 is 0 Å². The molecule has 250 valence electrons. The van der Waals surface area contributed by atoms with Crippen LogP contribution in [-0.2, 0) is 38.6 Å². The number of carbonyl (C=O) groups excluding carboxylic acids is 3. The SMILES string of the molecule is C=CCCC[C@H](Cc1ccccc1)C(=O)OCCNC(=O)[C@@H](CC=C)CC(=O)N[C@H](CO)Cc1ccc(OCc2ccccc2)cc1. The number of aliphatic hydroxyl groups is 1. The molecule has 0 saturated carbocycles. The van der Waals surface area contributed by atoms with Gasteiger partial charge < -0.3 is 25.2 Å². The molecule has 0 aromatic heterocycles. The molecular weight excluding hydrogens is 592 g/mol. The van der Waals surface area contributed by atoms with Crippen molar-refractivity contribution in [3.63, 3.8) is 0 Å². The number of benzene rings is 3. The van der Waals surface area contributed by atoms with Crippen molar-refractivity contribution in [2.45, 2.75) is 57.6 Å². The molecule has 0 aliphatic heterocycles. The first-order chi connectivity index (χ1) is 22.9. The van der Waals surface area contributed by atoms with E-state index in [1.165, 1.54) is 0 Å². The van der Waals surface area contributed by atoms with Crippen molar-refractivity contribution in [3.8, 4) is 5.75 Å². The molecule has 0 heterocycles. The molecule has 0 aliphatic rings. The maximum Gasteiger partial charge on any atom is 0.309 e. The summed E-state index contributed by atoms with van der Waals surface area (Å²) in [7, 11) is 0. The molecule has 8 heteroatoms. The van der Waals surface area contributed by atoms with Gasteiger partial charge >= 0.3 is 5.97 Å². The van der Waals surface area contributed by atoms with E-state index in [1.807, 2.05) is 91.0 Å². The number of aliphatic hydroxyl groups excluding tert-OH is 1. The molecule has 47 heavy (non-hydrogen) atoms. The minimum atomic E-state index is -0.645. The summed E-state index contributed by atoms with van der Waals surface area (Å²) in [5.74, 6) is -1.16. The number of unbranched alkanes of at least 4 members (excludes halogenated alkanes) is 1. The largest absolute Gasteiger partial charge is 0.489 e. The summed E-state index contributed by atoms with van der Waals surface area (Å²) in [6.45, 7) is 7.87. The molecule has 0 radical (unpaired) electrons. The summed E-state index contributed by atoms with van der Waals surface area (Å²) in [5, 5.41) is 15.6. The van der Waals surface area contributed by atoms with E-state index in [0.29, 0.717) is 32.3 Å². The Morgan fingerprint density at radius 3 is 2.11 bits per heavy atom. The van der Waals surface area contributed by atoms with Gasteiger partial charge in [0.2, 0.25) is 11.8 Å². The molecule has 0 saturated heterocycles. The average Bonchev–Trinajstić information content (AvgIpc) is 3.09. The van der Waals surface area contributed by atoms with Gasteiger partial charge in [-0.15, -0.1) is 13.2 Å². The molecule has 8 nitrogen and oxygen atoms in total.